The average Bonchev–Trinajstić information content (AvgIpc) is 0.722. The Kier molecular flexibility index (Phi) is 3.65. The molecule has 30 valence electrons. The number of hydrogen-bond acceptors (Lipinski definition) is 0. The van der Waals surface area contributed by atoms with Gasteiger partial charge in [-0.05, 0) is 0 Å². The molecule has 0 aromatic heterocycles. The first-order valence-corrected chi connectivity index (χ1v) is 4.88. The van der Waals surface area contributed by atoms with Crippen LogP contribution >= 0.6 is 47.8 Å². The van der Waals surface area contributed by atoms with Crippen LogP contribution in [0.1, 0.15) is 0 Å². The fraction of sp³-hybridized carbons (Fsp3) is 1.00. The van der Waals surface area contributed by atoms with E-state index >= 15 is 0 Å². The van der Waals surface area contributed by atoms with Crippen LogP contribution in [0, 0.1) is 0 Å². The molecule has 0 aliphatic carbocycles. The second-order valence-corrected chi connectivity index (χ2v) is 17.2. The number of rotatable bonds is 0. The van der Waals surface area contributed by atoms with E-state index in [1.807, 2.05) is 0 Å². The SMILES string of the molecule is Br[C](Br)(Br)[SnH]. The monoisotopic (exact) mass is 370 g/mol. The third-order valence-electron chi connectivity index (χ3n) is 0. The van der Waals surface area contributed by atoms with Crippen molar-refractivity contribution in [3.8, 4) is 0 Å². The zero-order valence-electron chi connectivity index (χ0n) is 2.21. The van der Waals surface area contributed by atoms with E-state index in [2.05, 4.69) is 47.8 Å². The van der Waals surface area contributed by atoms with Crippen LogP contribution in [-0.2, 0) is 0 Å². The number of alkyl halides is 3. The fourth-order valence-corrected chi connectivity index (χ4v) is 0. The molecule has 0 rings (SSSR count). The maximum absolute atomic E-state index is 3.27. The summed E-state index contributed by atoms with van der Waals surface area (Å²) in [6.45, 7) is 0. The minimum atomic E-state index is 0.0675. The van der Waals surface area contributed by atoms with E-state index in [-0.39, 0.29) is 0.159 Å². The summed E-state index contributed by atoms with van der Waals surface area (Å²) in [6.07, 6.45) is 0. The van der Waals surface area contributed by atoms with Gasteiger partial charge in [0.2, 0.25) is 0 Å². The predicted octanol–water partition coefficient (Wildman–Crippen LogP) is 1.68. The van der Waals surface area contributed by atoms with Crippen molar-refractivity contribution in [3.05, 3.63) is 0 Å². The van der Waals surface area contributed by atoms with Crippen molar-refractivity contribution in [3.63, 3.8) is 0 Å². The summed E-state index contributed by atoms with van der Waals surface area (Å²) in [5.41, 5.74) is 0. The minimum absolute atomic E-state index is 0.0675. The van der Waals surface area contributed by atoms with Gasteiger partial charge in [-0.25, -0.2) is 0 Å². The molecule has 0 spiro atoms. The molecule has 0 nitrogen and oxygen atoms in total. The van der Waals surface area contributed by atoms with Crippen molar-refractivity contribution in [1.82, 2.24) is 0 Å². The first-order chi connectivity index (χ1) is 2.00. The van der Waals surface area contributed by atoms with E-state index in [4.69, 9.17) is 0 Å². The molecule has 4 heteroatoms. The second kappa shape index (κ2) is 2.52. The Morgan fingerprint density at radius 2 is 1.20 bits per heavy atom. The van der Waals surface area contributed by atoms with Gasteiger partial charge in [-0.15, -0.1) is 0 Å². The molecule has 2 radical (unpaired) electrons. The first kappa shape index (κ1) is 7.24. The van der Waals surface area contributed by atoms with Gasteiger partial charge in [0.25, 0.3) is 0 Å². The van der Waals surface area contributed by atoms with Gasteiger partial charge < -0.3 is 0 Å². The molecule has 0 aromatic carbocycles. The van der Waals surface area contributed by atoms with Gasteiger partial charge in [-0.2, -0.15) is 0 Å². The molecule has 5 heavy (non-hydrogen) atoms. The van der Waals surface area contributed by atoms with Crippen LogP contribution in [0.3, 0.4) is 0 Å². The Balaban J connectivity index is 3.02. The molecule has 0 N–H and O–H groups in total. The van der Waals surface area contributed by atoms with Crippen molar-refractivity contribution in [2.75, 3.05) is 0 Å². The van der Waals surface area contributed by atoms with Gasteiger partial charge in [0.15, 0.2) is 0 Å². The molecule has 0 bridgehead atoms. The van der Waals surface area contributed by atoms with Gasteiger partial charge in [-0.3, -0.25) is 0 Å². The molecule has 0 aliphatic heterocycles. The van der Waals surface area contributed by atoms with Gasteiger partial charge in [0, 0.05) is 0 Å². The predicted molar refractivity (Wildman–Crippen MR) is 36.7 cm³/mol. The van der Waals surface area contributed by atoms with Crippen LogP contribution in [0.2, 0.25) is 0 Å². The van der Waals surface area contributed by atoms with Crippen LogP contribution < -0.4 is 0 Å². The van der Waals surface area contributed by atoms with E-state index in [0.717, 1.165) is 22.5 Å². The molecule has 0 amide bonds. The Morgan fingerprint density at radius 1 is 1.20 bits per heavy atom. The third kappa shape index (κ3) is 22.4. The third-order valence-corrected chi connectivity index (χ3v) is 0. The normalized spacial score (nSPS) is 12.0. The van der Waals surface area contributed by atoms with Crippen LogP contribution in [0.25, 0.3) is 0 Å². The van der Waals surface area contributed by atoms with E-state index < -0.39 is 0 Å². The zero-order valence-corrected chi connectivity index (χ0v) is 10.3. The summed E-state index contributed by atoms with van der Waals surface area (Å²) >= 11 is 10.9. The summed E-state index contributed by atoms with van der Waals surface area (Å²) in [4.78, 5) is 0. The number of hydrogen-bond donors (Lipinski definition) is 0. The van der Waals surface area contributed by atoms with Crippen molar-refractivity contribution >= 4 is 70.3 Å². The van der Waals surface area contributed by atoms with Crippen LogP contribution in [0.15, 0.2) is 0 Å². The molecule has 0 atom stereocenters. The van der Waals surface area contributed by atoms with E-state index in [0.29, 0.717) is 0 Å². The molecular weight excluding hydrogens is 370 g/mol. The van der Waals surface area contributed by atoms with E-state index in [1.54, 1.807) is 0 Å². The fourth-order valence-electron chi connectivity index (χ4n) is 0. The van der Waals surface area contributed by atoms with Gasteiger partial charge in [0.1, 0.15) is 0 Å². The topological polar surface area (TPSA) is 0 Å². The molecule has 0 saturated heterocycles. The Hall–Kier alpha value is 2.24. The van der Waals surface area contributed by atoms with Gasteiger partial charge >= 0.3 is 70.5 Å². The second-order valence-electron chi connectivity index (χ2n) is 0.542. The average molecular weight is 371 g/mol. The summed E-state index contributed by atoms with van der Waals surface area (Å²) in [5, 5.41) is 0. The Labute approximate surface area is 69.6 Å². The Bertz CT molecular complexity index is 22.4. The van der Waals surface area contributed by atoms with E-state index in [9.17, 15) is 0 Å². The van der Waals surface area contributed by atoms with Crippen molar-refractivity contribution in [2.45, 2.75) is 0.159 Å². The maximum atomic E-state index is 3.27. The molecule has 0 aliphatic rings. The molecule has 0 aromatic rings. The van der Waals surface area contributed by atoms with Crippen LogP contribution in [-0.4, -0.2) is 22.7 Å². The molecule has 0 fully saturated rings. The summed E-state index contributed by atoms with van der Waals surface area (Å²) in [7, 11) is 0. The summed E-state index contributed by atoms with van der Waals surface area (Å²) in [5.74, 6) is 0. The van der Waals surface area contributed by atoms with Gasteiger partial charge in [0.05, 0.1) is 0 Å². The first-order valence-electron chi connectivity index (χ1n) is 0.856. The quantitative estimate of drug-likeness (QED) is 0.449. The summed E-state index contributed by atoms with van der Waals surface area (Å²) in [6, 6.07) is 0. The zero-order chi connectivity index (χ0) is 4.50. The molecule has 0 saturated carbocycles. The van der Waals surface area contributed by atoms with Crippen molar-refractivity contribution in [1.29, 1.82) is 0 Å². The van der Waals surface area contributed by atoms with Crippen molar-refractivity contribution < 1.29 is 0 Å². The van der Waals surface area contributed by atoms with Crippen LogP contribution in [0.4, 0.5) is 0 Å². The number of halogens is 3. The molecule has 0 unspecified atom stereocenters. The summed E-state index contributed by atoms with van der Waals surface area (Å²) < 4.78 is 0.0675. The van der Waals surface area contributed by atoms with E-state index in [1.165, 1.54) is 0 Å². The van der Waals surface area contributed by atoms with Crippen LogP contribution in [0.5, 0.6) is 0 Å². The standard InChI is InChI=1S/CBr3.Sn.H/c2-1(3)4;;. The Morgan fingerprint density at radius 3 is 1.20 bits per heavy atom. The molecular formula is CHBr3Sn. The van der Waals surface area contributed by atoms with Crippen molar-refractivity contribution in [2.24, 2.45) is 0 Å². The molecule has 0 heterocycles. The van der Waals surface area contributed by atoms with Gasteiger partial charge in [-0.1, -0.05) is 0 Å².